The van der Waals surface area contributed by atoms with E-state index in [4.69, 9.17) is 16.3 Å². The number of ether oxygens (including phenoxy) is 1. The van der Waals surface area contributed by atoms with E-state index in [0.29, 0.717) is 6.04 Å². The summed E-state index contributed by atoms with van der Waals surface area (Å²) < 4.78 is 5.31. The third-order valence-corrected chi connectivity index (χ3v) is 3.42. The molecular formula is C13H18ClNO. The molecule has 0 aliphatic heterocycles. The van der Waals surface area contributed by atoms with Gasteiger partial charge in [-0.25, -0.2) is 0 Å². The average Bonchev–Trinajstić information content (AvgIpc) is 3.11. The third-order valence-electron chi connectivity index (χ3n) is 3.05. The highest BCUT2D eigenvalue weighted by Crippen LogP contribution is 2.25. The zero-order valence-corrected chi connectivity index (χ0v) is 10.6. The molecule has 0 bridgehead atoms. The van der Waals surface area contributed by atoms with E-state index in [1.165, 1.54) is 18.4 Å². The zero-order chi connectivity index (χ0) is 11.5. The molecular weight excluding hydrogens is 222 g/mol. The number of rotatable bonds is 5. The van der Waals surface area contributed by atoms with Gasteiger partial charge in [0, 0.05) is 24.7 Å². The molecule has 1 fully saturated rings. The Kier molecular flexibility index (Phi) is 3.85. The Balaban J connectivity index is 2.07. The Morgan fingerprint density at radius 2 is 2.25 bits per heavy atom. The van der Waals surface area contributed by atoms with Gasteiger partial charge in [0.1, 0.15) is 0 Å². The van der Waals surface area contributed by atoms with Gasteiger partial charge in [-0.3, -0.25) is 0 Å². The Bertz CT molecular complexity index is 363. The lowest BCUT2D eigenvalue weighted by Crippen LogP contribution is -2.15. The van der Waals surface area contributed by atoms with Gasteiger partial charge < -0.3 is 10.1 Å². The van der Waals surface area contributed by atoms with Crippen LogP contribution in [0.5, 0.6) is 0 Å². The molecule has 1 saturated carbocycles. The van der Waals surface area contributed by atoms with E-state index in [2.05, 4.69) is 11.4 Å². The highest BCUT2D eigenvalue weighted by molar-refractivity contribution is 6.31. The molecule has 0 aromatic heterocycles. The lowest BCUT2D eigenvalue weighted by molar-refractivity contribution is 0.119. The molecule has 0 saturated heterocycles. The summed E-state index contributed by atoms with van der Waals surface area (Å²) in [5.74, 6) is 0. The van der Waals surface area contributed by atoms with Crippen molar-refractivity contribution in [1.29, 1.82) is 0 Å². The second kappa shape index (κ2) is 5.17. The Labute approximate surface area is 102 Å². The molecule has 16 heavy (non-hydrogen) atoms. The van der Waals surface area contributed by atoms with Crippen molar-refractivity contribution < 1.29 is 4.74 Å². The van der Waals surface area contributed by atoms with Crippen LogP contribution in [0.3, 0.4) is 0 Å². The highest BCUT2D eigenvalue weighted by atomic mass is 35.5. The Hall–Kier alpha value is -0.570. The van der Waals surface area contributed by atoms with Crippen LogP contribution >= 0.6 is 11.6 Å². The molecule has 2 nitrogen and oxygen atoms in total. The van der Waals surface area contributed by atoms with E-state index in [9.17, 15) is 0 Å². The smallest absolute Gasteiger partial charge is 0.0793 e. The molecule has 0 heterocycles. The zero-order valence-electron chi connectivity index (χ0n) is 9.79. The minimum Gasteiger partial charge on any atom is -0.377 e. The number of benzene rings is 1. The van der Waals surface area contributed by atoms with E-state index in [1.54, 1.807) is 7.11 Å². The molecule has 0 amide bonds. The van der Waals surface area contributed by atoms with Crippen LogP contribution in [-0.2, 0) is 11.3 Å². The van der Waals surface area contributed by atoms with Crippen LogP contribution in [0, 0.1) is 0 Å². The molecule has 1 aromatic rings. The fraction of sp³-hybridized carbons (Fsp3) is 0.538. The van der Waals surface area contributed by atoms with Crippen LogP contribution in [0.15, 0.2) is 18.2 Å². The maximum absolute atomic E-state index is 6.17. The minimum absolute atomic E-state index is 0.122. The molecule has 1 N–H and O–H groups in total. The number of halogens is 1. The summed E-state index contributed by atoms with van der Waals surface area (Å²) in [6.07, 6.45) is 2.72. The van der Waals surface area contributed by atoms with Gasteiger partial charge >= 0.3 is 0 Å². The quantitative estimate of drug-likeness (QED) is 0.851. The SMILES string of the molecule is COC(C)c1ccc(Cl)c(CNC2CC2)c1. The summed E-state index contributed by atoms with van der Waals surface area (Å²) >= 11 is 6.17. The summed E-state index contributed by atoms with van der Waals surface area (Å²) in [5, 5.41) is 4.31. The van der Waals surface area contributed by atoms with E-state index >= 15 is 0 Å². The van der Waals surface area contributed by atoms with Crippen LogP contribution in [-0.4, -0.2) is 13.2 Å². The van der Waals surface area contributed by atoms with Gasteiger partial charge in [-0.05, 0) is 37.0 Å². The fourth-order valence-corrected chi connectivity index (χ4v) is 1.85. The Morgan fingerprint density at radius 3 is 2.88 bits per heavy atom. The summed E-state index contributed by atoms with van der Waals surface area (Å²) in [7, 11) is 1.72. The van der Waals surface area contributed by atoms with E-state index in [1.807, 2.05) is 19.1 Å². The summed E-state index contributed by atoms with van der Waals surface area (Å²) in [5.41, 5.74) is 2.34. The van der Waals surface area contributed by atoms with Crippen LogP contribution in [0.1, 0.15) is 37.0 Å². The lowest BCUT2D eigenvalue weighted by atomic mass is 10.1. The number of methoxy groups -OCH3 is 1. The first kappa shape index (κ1) is 11.9. The molecule has 0 spiro atoms. The maximum atomic E-state index is 6.17. The lowest BCUT2D eigenvalue weighted by Gasteiger charge is -2.13. The maximum Gasteiger partial charge on any atom is 0.0793 e. The van der Waals surface area contributed by atoms with E-state index in [-0.39, 0.29) is 6.10 Å². The van der Waals surface area contributed by atoms with Crippen molar-refractivity contribution in [2.24, 2.45) is 0 Å². The number of nitrogens with one attached hydrogen (secondary N) is 1. The molecule has 1 aliphatic rings. The predicted molar refractivity (Wildman–Crippen MR) is 66.7 cm³/mol. The highest BCUT2D eigenvalue weighted by Gasteiger charge is 2.20. The standard InChI is InChI=1S/C13H18ClNO/c1-9(16-2)10-3-6-13(14)11(7-10)8-15-12-4-5-12/h3,6-7,9,12,15H,4-5,8H2,1-2H3. The van der Waals surface area contributed by atoms with Crippen molar-refractivity contribution in [3.8, 4) is 0 Å². The van der Waals surface area contributed by atoms with Gasteiger partial charge in [-0.2, -0.15) is 0 Å². The van der Waals surface area contributed by atoms with Gasteiger partial charge in [-0.15, -0.1) is 0 Å². The van der Waals surface area contributed by atoms with Gasteiger partial charge in [0.15, 0.2) is 0 Å². The molecule has 1 aromatic carbocycles. The second-order valence-corrected chi connectivity index (χ2v) is 4.79. The number of hydrogen-bond donors (Lipinski definition) is 1. The molecule has 1 atom stereocenters. The van der Waals surface area contributed by atoms with Crippen molar-refractivity contribution in [2.75, 3.05) is 7.11 Å². The van der Waals surface area contributed by atoms with E-state index in [0.717, 1.165) is 17.1 Å². The Morgan fingerprint density at radius 1 is 1.50 bits per heavy atom. The first-order valence-electron chi connectivity index (χ1n) is 5.75. The van der Waals surface area contributed by atoms with Crippen molar-refractivity contribution >= 4 is 11.6 Å². The monoisotopic (exact) mass is 239 g/mol. The van der Waals surface area contributed by atoms with Crippen molar-refractivity contribution in [3.05, 3.63) is 34.3 Å². The first-order chi connectivity index (χ1) is 7.70. The van der Waals surface area contributed by atoms with Gasteiger partial charge in [0.2, 0.25) is 0 Å². The topological polar surface area (TPSA) is 21.3 Å². The van der Waals surface area contributed by atoms with Crippen molar-refractivity contribution in [3.63, 3.8) is 0 Å². The molecule has 1 aliphatic carbocycles. The van der Waals surface area contributed by atoms with Gasteiger partial charge in [-0.1, -0.05) is 23.7 Å². The molecule has 2 rings (SSSR count). The molecule has 1 unspecified atom stereocenters. The van der Waals surface area contributed by atoms with Crippen LogP contribution in [0.25, 0.3) is 0 Å². The fourth-order valence-electron chi connectivity index (χ4n) is 1.66. The second-order valence-electron chi connectivity index (χ2n) is 4.38. The van der Waals surface area contributed by atoms with Crippen molar-refractivity contribution in [1.82, 2.24) is 5.32 Å². The summed E-state index contributed by atoms with van der Waals surface area (Å²) in [4.78, 5) is 0. The third kappa shape index (κ3) is 2.97. The summed E-state index contributed by atoms with van der Waals surface area (Å²) in [6.45, 7) is 2.90. The largest absolute Gasteiger partial charge is 0.377 e. The first-order valence-corrected chi connectivity index (χ1v) is 6.13. The molecule has 3 heteroatoms. The van der Waals surface area contributed by atoms with Gasteiger partial charge in [0.05, 0.1) is 6.10 Å². The van der Waals surface area contributed by atoms with Crippen LogP contribution in [0.4, 0.5) is 0 Å². The predicted octanol–water partition coefficient (Wildman–Crippen LogP) is 3.30. The minimum atomic E-state index is 0.122. The molecule has 88 valence electrons. The normalized spacial score (nSPS) is 17.4. The number of hydrogen-bond acceptors (Lipinski definition) is 2. The average molecular weight is 240 g/mol. The van der Waals surface area contributed by atoms with Crippen LogP contribution < -0.4 is 5.32 Å². The molecule has 0 radical (unpaired) electrons. The van der Waals surface area contributed by atoms with Crippen molar-refractivity contribution in [2.45, 2.75) is 38.5 Å². The van der Waals surface area contributed by atoms with Gasteiger partial charge in [0.25, 0.3) is 0 Å². The summed E-state index contributed by atoms with van der Waals surface area (Å²) in [6, 6.07) is 6.82. The van der Waals surface area contributed by atoms with Crippen LogP contribution in [0.2, 0.25) is 5.02 Å². The van der Waals surface area contributed by atoms with E-state index < -0.39 is 0 Å².